The highest BCUT2D eigenvalue weighted by molar-refractivity contribution is 7.89. The van der Waals surface area contributed by atoms with E-state index >= 15 is 0 Å². The van der Waals surface area contributed by atoms with E-state index in [0.29, 0.717) is 24.6 Å². The third-order valence-corrected chi connectivity index (χ3v) is 5.69. The second-order valence-corrected chi connectivity index (χ2v) is 7.65. The molecule has 1 heterocycles. The van der Waals surface area contributed by atoms with Gasteiger partial charge in [0.05, 0.1) is 12.9 Å². The molecule has 7 nitrogen and oxygen atoms in total. The molecule has 134 valence electrons. The molecular formula is C16H24N2O5S. The molecule has 1 amide bonds. The van der Waals surface area contributed by atoms with Crippen LogP contribution in [0.25, 0.3) is 0 Å². The van der Waals surface area contributed by atoms with Crippen LogP contribution in [0.3, 0.4) is 0 Å². The first kappa shape index (κ1) is 18.5. The number of piperidine rings is 1. The normalized spacial score (nSPS) is 15.7. The van der Waals surface area contributed by atoms with Gasteiger partial charge in [0.1, 0.15) is 0 Å². The van der Waals surface area contributed by atoms with Crippen LogP contribution in [0.5, 0.6) is 11.5 Å². The molecule has 2 rings (SSSR count). The Kier molecular flexibility index (Phi) is 6.86. The van der Waals surface area contributed by atoms with Gasteiger partial charge in [-0.05, 0) is 25.0 Å². The molecule has 1 fully saturated rings. The molecule has 0 saturated carbocycles. The van der Waals surface area contributed by atoms with Crippen LogP contribution >= 0.6 is 0 Å². The summed E-state index contributed by atoms with van der Waals surface area (Å²) < 4.78 is 36.3. The summed E-state index contributed by atoms with van der Waals surface area (Å²) in [5.41, 5.74) is 0. The zero-order valence-electron chi connectivity index (χ0n) is 13.9. The molecule has 0 aliphatic carbocycles. The monoisotopic (exact) mass is 356 g/mol. The lowest BCUT2D eigenvalue weighted by Gasteiger charge is -2.25. The van der Waals surface area contributed by atoms with Crippen molar-refractivity contribution in [3.63, 3.8) is 0 Å². The predicted octanol–water partition coefficient (Wildman–Crippen LogP) is 1.01. The summed E-state index contributed by atoms with van der Waals surface area (Å²) in [6.45, 7) is 1.04. The third-order valence-electron chi connectivity index (χ3n) is 3.82. The van der Waals surface area contributed by atoms with Crippen molar-refractivity contribution in [1.29, 1.82) is 0 Å². The van der Waals surface area contributed by atoms with Crippen molar-refractivity contribution >= 4 is 15.9 Å². The number of benzene rings is 1. The number of carbonyl (C=O) groups excluding carboxylic acids is 1. The second-order valence-electron chi connectivity index (χ2n) is 5.57. The van der Waals surface area contributed by atoms with Gasteiger partial charge >= 0.3 is 0 Å². The summed E-state index contributed by atoms with van der Waals surface area (Å²) in [6.07, 6.45) is 2.87. The molecule has 0 unspecified atom stereocenters. The van der Waals surface area contributed by atoms with E-state index in [1.807, 2.05) is 0 Å². The van der Waals surface area contributed by atoms with Gasteiger partial charge in [-0.2, -0.15) is 0 Å². The Morgan fingerprint density at radius 2 is 1.83 bits per heavy atom. The zero-order chi connectivity index (χ0) is 17.4. The summed E-state index contributed by atoms with van der Waals surface area (Å²) in [5.74, 6) is 0.553. The molecule has 1 aliphatic heterocycles. The lowest BCUT2D eigenvalue weighted by atomic mass is 10.2. The average Bonchev–Trinajstić information content (AvgIpc) is 2.61. The first-order valence-electron chi connectivity index (χ1n) is 8.03. The van der Waals surface area contributed by atoms with Crippen LogP contribution in [0.15, 0.2) is 24.3 Å². The van der Waals surface area contributed by atoms with Gasteiger partial charge in [-0.1, -0.05) is 18.6 Å². The van der Waals surface area contributed by atoms with E-state index in [4.69, 9.17) is 9.47 Å². The SMILES string of the molecule is COc1ccccc1OCC(=O)NCCS(=O)(=O)N1CCCCC1. The minimum Gasteiger partial charge on any atom is -0.493 e. The summed E-state index contributed by atoms with van der Waals surface area (Å²) >= 11 is 0. The fourth-order valence-electron chi connectivity index (χ4n) is 2.52. The van der Waals surface area contributed by atoms with E-state index in [1.54, 1.807) is 24.3 Å². The van der Waals surface area contributed by atoms with Crippen molar-refractivity contribution in [3.05, 3.63) is 24.3 Å². The van der Waals surface area contributed by atoms with E-state index in [2.05, 4.69) is 5.32 Å². The average molecular weight is 356 g/mol. The topological polar surface area (TPSA) is 84.9 Å². The molecule has 0 bridgehead atoms. The van der Waals surface area contributed by atoms with Crippen LogP contribution < -0.4 is 14.8 Å². The number of para-hydroxylation sites is 2. The van der Waals surface area contributed by atoms with Crippen molar-refractivity contribution in [2.45, 2.75) is 19.3 Å². The smallest absolute Gasteiger partial charge is 0.257 e. The van der Waals surface area contributed by atoms with Crippen molar-refractivity contribution in [2.75, 3.05) is 39.1 Å². The fourth-order valence-corrected chi connectivity index (χ4v) is 3.96. The van der Waals surface area contributed by atoms with Crippen LogP contribution in [-0.4, -0.2) is 57.7 Å². The maximum absolute atomic E-state index is 12.2. The van der Waals surface area contributed by atoms with Gasteiger partial charge < -0.3 is 14.8 Å². The number of hydrogen-bond donors (Lipinski definition) is 1. The van der Waals surface area contributed by atoms with E-state index in [-0.39, 0.29) is 24.8 Å². The Morgan fingerprint density at radius 1 is 1.17 bits per heavy atom. The van der Waals surface area contributed by atoms with Crippen LogP contribution in [0.2, 0.25) is 0 Å². The number of carbonyl (C=O) groups is 1. The molecule has 1 aliphatic rings. The molecule has 0 radical (unpaired) electrons. The highest BCUT2D eigenvalue weighted by atomic mass is 32.2. The lowest BCUT2D eigenvalue weighted by molar-refractivity contribution is -0.122. The summed E-state index contributed by atoms with van der Waals surface area (Å²) in [5, 5.41) is 2.58. The number of methoxy groups -OCH3 is 1. The highest BCUT2D eigenvalue weighted by Gasteiger charge is 2.23. The quantitative estimate of drug-likeness (QED) is 0.751. The van der Waals surface area contributed by atoms with Gasteiger partial charge in [-0.3, -0.25) is 4.79 Å². The molecule has 1 aromatic carbocycles. The van der Waals surface area contributed by atoms with Gasteiger partial charge in [0.2, 0.25) is 10.0 Å². The molecule has 1 N–H and O–H groups in total. The predicted molar refractivity (Wildman–Crippen MR) is 90.7 cm³/mol. The molecule has 0 spiro atoms. The van der Waals surface area contributed by atoms with Crippen LogP contribution in [0.1, 0.15) is 19.3 Å². The minimum atomic E-state index is -3.30. The third kappa shape index (κ3) is 5.38. The number of hydrogen-bond acceptors (Lipinski definition) is 5. The van der Waals surface area contributed by atoms with Gasteiger partial charge in [0, 0.05) is 19.6 Å². The van der Waals surface area contributed by atoms with Crippen LogP contribution in [0, 0.1) is 0 Å². The van der Waals surface area contributed by atoms with E-state index in [9.17, 15) is 13.2 Å². The minimum absolute atomic E-state index is 0.0763. The first-order valence-corrected chi connectivity index (χ1v) is 9.64. The fraction of sp³-hybridized carbons (Fsp3) is 0.562. The number of amides is 1. The van der Waals surface area contributed by atoms with E-state index in [1.165, 1.54) is 11.4 Å². The number of nitrogens with zero attached hydrogens (tertiary/aromatic N) is 1. The Hall–Kier alpha value is -1.80. The van der Waals surface area contributed by atoms with Crippen LogP contribution in [-0.2, 0) is 14.8 Å². The second kappa shape index (κ2) is 8.89. The summed E-state index contributed by atoms with van der Waals surface area (Å²) in [6, 6.07) is 7.02. The maximum Gasteiger partial charge on any atom is 0.257 e. The molecule has 1 saturated heterocycles. The van der Waals surface area contributed by atoms with Crippen molar-refractivity contribution in [2.24, 2.45) is 0 Å². The Bertz CT molecular complexity index is 642. The highest BCUT2D eigenvalue weighted by Crippen LogP contribution is 2.25. The number of ether oxygens (including phenoxy) is 2. The standard InChI is InChI=1S/C16H24N2O5S/c1-22-14-7-3-4-8-15(14)23-13-16(19)17-9-12-24(20,21)18-10-5-2-6-11-18/h3-4,7-8H,2,5-6,9-13H2,1H3,(H,17,19). The molecule has 24 heavy (non-hydrogen) atoms. The Morgan fingerprint density at radius 3 is 2.50 bits per heavy atom. The molecule has 8 heteroatoms. The summed E-state index contributed by atoms with van der Waals surface area (Å²) in [7, 11) is -1.78. The largest absolute Gasteiger partial charge is 0.493 e. The molecule has 0 aromatic heterocycles. The number of rotatable bonds is 8. The van der Waals surface area contributed by atoms with Crippen molar-refractivity contribution in [1.82, 2.24) is 9.62 Å². The number of nitrogens with one attached hydrogen (secondary N) is 1. The van der Waals surface area contributed by atoms with Crippen molar-refractivity contribution < 1.29 is 22.7 Å². The van der Waals surface area contributed by atoms with E-state index < -0.39 is 10.0 Å². The Labute approximate surface area is 143 Å². The van der Waals surface area contributed by atoms with E-state index in [0.717, 1.165) is 19.3 Å². The number of sulfonamides is 1. The molecule has 1 aromatic rings. The molecular weight excluding hydrogens is 332 g/mol. The van der Waals surface area contributed by atoms with Gasteiger partial charge in [0.25, 0.3) is 5.91 Å². The zero-order valence-corrected chi connectivity index (χ0v) is 14.7. The first-order chi connectivity index (χ1) is 11.5. The van der Waals surface area contributed by atoms with Crippen LogP contribution in [0.4, 0.5) is 0 Å². The van der Waals surface area contributed by atoms with Gasteiger partial charge in [-0.15, -0.1) is 0 Å². The lowest BCUT2D eigenvalue weighted by Crippen LogP contribution is -2.41. The van der Waals surface area contributed by atoms with Gasteiger partial charge in [0.15, 0.2) is 18.1 Å². The van der Waals surface area contributed by atoms with Crippen molar-refractivity contribution in [3.8, 4) is 11.5 Å². The van der Waals surface area contributed by atoms with Gasteiger partial charge in [-0.25, -0.2) is 12.7 Å². The summed E-state index contributed by atoms with van der Waals surface area (Å²) in [4.78, 5) is 11.8. The Balaban J connectivity index is 1.73. The maximum atomic E-state index is 12.2. The molecule has 0 atom stereocenters.